The molecule has 0 radical (unpaired) electrons. The molecular weight excluding hydrogens is 265 g/mol. The van der Waals surface area contributed by atoms with Crippen molar-refractivity contribution in [2.75, 3.05) is 0 Å². The lowest BCUT2D eigenvalue weighted by atomic mass is 10.1. The first-order valence-corrected chi connectivity index (χ1v) is 5.47. The Hall–Kier alpha value is -1.14. The van der Waals surface area contributed by atoms with Crippen molar-refractivity contribution in [2.45, 2.75) is 12.3 Å². The summed E-state index contributed by atoms with van der Waals surface area (Å²) in [4.78, 5) is 3.71. The normalized spacial score (nSPS) is 11.8. The number of rotatable bonds is 3. The zero-order valence-corrected chi connectivity index (χ0v) is 10.1. The molecule has 0 unspecified atom stereocenters. The van der Waals surface area contributed by atoms with E-state index in [1.807, 2.05) is 0 Å². The SMILES string of the molecule is OC(O)(Cn1cncn1)c1ccc(Cl)cc1Cl. The van der Waals surface area contributed by atoms with Crippen molar-refractivity contribution in [1.82, 2.24) is 14.8 Å². The maximum absolute atomic E-state index is 9.97. The fourth-order valence-corrected chi connectivity index (χ4v) is 2.00. The molecule has 0 aliphatic carbocycles. The second kappa shape index (κ2) is 4.62. The fraction of sp³-hybridized carbons (Fsp3) is 0.200. The molecule has 17 heavy (non-hydrogen) atoms. The predicted octanol–water partition coefficient (Wildman–Crippen LogP) is 1.42. The molecule has 90 valence electrons. The Bertz CT molecular complexity index is 514. The Morgan fingerprint density at radius 1 is 1.29 bits per heavy atom. The molecule has 1 aromatic carbocycles. The van der Waals surface area contributed by atoms with Gasteiger partial charge in [-0.15, -0.1) is 0 Å². The quantitative estimate of drug-likeness (QED) is 0.830. The van der Waals surface area contributed by atoms with E-state index in [1.54, 1.807) is 0 Å². The number of nitrogens with zero attached hydrogens (tertiary/aromatic N) is 3. The third kappa shape index (κ3) is 2.76. The number of aromatic nitrogens is 3. The van der Waals surface area contributed by atoms with Crippen LogP contribution in [-0.2, 0) is 12.3 Å². The van der Waals surface area contributed by atoms with Crippen LogP contribution in [0, 0.1) is 0 Å². The molecule has 1 heterocycles. The molecule has 1 aromatic heterocycles. The van der Waals surface area contributed by atoms with Crippen LogP contribution in [0.2, 0.25) is 10.0 Å². The van der Waals surface area contributed by atoms with Gasteiger partial charge < -0.3 is 10.2 Å². The lowest BCUT2D eigenvalue weighted by Gasteiger charge is -2.23. The van der Waals surface area contributed by atoms with Crippen molar-refractivity contribution in [2.24, 2.45) is 0 Å². The van der Waals surface area contributed by atoms with Crippen LogP contribution in [0.15, 0.2) is 30.9 Å². The van der Waals surface area contributed by atoms with E-state index >= 15 is 0 Å². The summed E-state index contributed by atoms with van der Waals surface area (Å²) in [5.41, 5.74) is 0.166. The van der Waals surface area contributed by atoms with Gasteiger partial charge in [-0.25, -0.2) is 9.67 Å². The van der Waals surface area contributed by atoms with E-state index < -0.39 is 5.79 Å². The Balaban J connectivity index is 2.30. The smallest absolute Gasteiger partial charge is 0.211 e. The first kappa shape index (κ1) is 12.3. The summed E-state index contributed by atoms with van der Waals surface area (Å²) in [6.07, 6.45) is 2.69. The van der Waals surface area contributed by atoms with Crippen LogP contribution in [0.5, 0.6) is 0 Å². The first-order valence-electron chi connectivity index (χ1n) is 4.72. The molecule has 0 saturated carbocycles. The Morgan fingerprint density at radius 3 is 2.65 bits per heavy atom. The van der Waals surface area contributed by atoms with Gasteiger partial charge in [0.25, 0.3) is 0 Å². The molecule has 2 N–H and O–H groups in total. The number of hydrogen-bond donors (Lipinski definition) is 2. The van der Waals surface area contributed by atoms with E-state index in [4.69, 9.17) is 23.2 Å². The van der Waals surface area contributed by atoms with Crippen molar-refractivity contribution in [3.8, 4) is 0 Å². The number of aliphatic hydroxyl groups is 2. The molecule has 5 nitrogen and oxygen atoms in total. The molecular formula is C10H9Cl2N3O2. The van der Waals surface area contributed by atoms with Gasteiger partial charge in [-0.05, 0) is 12.1 Å². The van der Waals surface area contributed by atoms with Gasteiger partial charge in [0.1, 0.15) is 19.2 Å². The standard InChI is InChI=1S/C10H9Cl2N3O2/c11-7-1-2-8(9(12)3-7)10(16,17)4-15-6-13-5-14-15/h1-3,5-6,16-17H,4H2. The highest BCUT2D eigenvalue weighted by molar-refractivity contribution is 6.35. The minimum atomic E-state index is -2.13. The van der Waals surface area contributed by atoms with Crippen LogP contribution in [0.1, 0.15) is 5.56 Å². The van der Waals surface area contributed by atoms with E-state index in [1.165, 1.54) is 35.5 Å². The molecule has 0 fully saturated rings. The molecule has 0 amide bonds. The van der Waals surface area contributed by atoms with Gasteiger partial charge >= 0.3 is 0 Å². The van der Waals surface area contributed by atoms with Gasteiger partial charge in [0.05, 0.1) is 5.02 Å². The highest BCUT2D eigenvalue weighted by Crippen LogP contribution is 2.29. The Labute approximate surface area is 107 Å². The molecule has 7 heteroatoms. The summed E-state index contributed by atoms with van der Waals surface area (Å²) in [5, 5.41) is 24.3. The number of benzene rings is 1. The van der Waals surface area contributed by atoms with Crippen molar-refractivity contribution in [1.29, 1.82) is 0 Å². The third-order valence-corrected chi connectivity index (χ3v) is 2.76. The topological polar surface area (TPSA) is 71.2 Å². The minimum Gasteiger partial charge on any atom is -0.360 e. The molecule has 0 aliphatic heterocycles. The lowest BCUT2D eigenvalue weighted by molar-refractivity contribution is -0.181. The van der Waals surface area contributed by atoms with Crippen LogP contribution < -0.4 is 0 Å². The van der Waals surface area contributed by atoms with Gasteiger partial charge in [0, 0.05) is 10.6 Å². The summed E-state index contributed by atoms with van der Waals surface area (Å²) < 4.78 is 1.30. The average Bonchev–Trinajstić information content (AvgIpc) is 2.68. The van der Waals surface area contributed by atoms with Gasteiger partial charge in [-0.1, -0.05) is 29.3 Å². The number of hydrogen-bond acceptors (Lipinski definition) is 4. The molecule has 0 bridgehead atoms. The molecule has 2 rings (SSSR count). The average molecular weight is 274 g/mol. The van der Waals surface area contributed by atoms with Crippen molar-refractivity contribution < 1.29 is 10.2 Å². The minimum absolute atomic E-state index is 0.166. The molecule has 0 aliphatic rings. The van der Waals surface area contributed by atoms with Crippen molar-refractivity contribution in [3.63, 3.8) is 0 Å². The fourth-order valence-electron chi connectivity index (χ4n) is 1.44. The molecule has 0 spiro atoms. The summed E-state index contributed by atoms with van der Waals surface area (Å²) in [5.74, 6) is -2.13. The van der Waals surface area contributed by atoms with Crippen molar-refractivity contribution >= 4 is 23.2 Å². The predicted molar refractivity (Wildman–Crippen MR) is 62.6 cm³/mol. The van der Waals surface area contributed by atoms with E-state index in [9.17, 15) is 10.2 Å². The van der Waals surface area contributed by atoms with Crippen LogP contribution in [0.3, 0.4) is 0 Å². The summed E-state index contributed by atoms with van der Waals surface area (Å²) in [7, 11) is 0. The van der Waals surface area contributed by atoms with Gasteiger partial charge in [-0.2, -0.15) is 5.10 Å². The number of halogens is 2. The first-order chi connectivity index (χ1) is 7.99. The van der Waals surface area contributed by atoms with E-state index in [2.05, 4.69) is 10.1 Å². The van der Waals surface area contributed by atoms with Crippen LogP contribution in [-0.4, -0.2) is 25.0 Å². The lowest BCUT2D eigenvalue weighted by Crippen LogP contribution is -2.31. The highest BCUT2D eigenvalue weighted by atomic mass is 35.5. The zero-order chi connectivity index (χ0) is 12.5. The van der Waals surface area contributed by atoms with Crippen LogP contribution >= 0.6 is 23.2 Å². The monoisotopic (exact) mass is 273 g/mol. The Morgan fingerprint density at radius 2 is 2.06 bits per heavy atom. The van der Waals surface area contributed by atoms with E-state index in [0.29, 0.717) is 5.02 Å². The second-order valence-corrected chi connectivity index (χ2v) is 4.38. The summed E-state index contributed by atoms with van der Waals surface area (Å²) >= 11 is 11.6. The molecule has 0 saturated heterocycles. The molecule has 0 atom stereocenters. The summed E-state index contributed by atoms with van der Waals surface area (Å²) in [6.45, 7) is -0.172. The highest BCUT2D eigenvalue weighted by Gasteiger charge is 2.29. The third-order valence-electron chi connectivity index (χ3n) is 2.21. The summed E-state index contributed by atoms with van der Waals surface area (Å²) in [6, 6.07) is 4.44. The van der Waals surface area contributed by atoms with Gasteiger partial charge in [0.2, 0.25) is 5.79 Å². The van der Waals surface area contributed by atoms with Crippen LogP contribution in [0.4, 0.5) is 0 Å². The largest absolute Gasteiger partial charge is 0.360 e. The van der Waals surface area contributed by atoms with E-state index in [-0.39, 0.29) is 17.1 Å². The van der Waals surface area contributed by atoms with Gasteiger partial charge in [0.15, 0.2) is 0 Å². The van der Waals surface area contributed by atoms with Crippen molar-refractivity contribution in [3.05, 3.63) is 46.5 Å². The second-order valence-electron chi connectivity index (χ2n) is 3.53. The Kier molecular flexibility index (Phi) is 3.35. The zero-order valence-electron chi connectivity index (χ0n) is 8.59. The molecule has 2 aromatic rings. The van der Waals surface area contributed by atoms with Crippen LogP contribution in [0.25, 0.3) is 0 Å². The van der Waals surface area contributed by atoms with Gasteiger partial charge in [-0.3, -0.25) is 0 Å². The maximum atomic E-state index is 9.97. The van der Waals surface area contributed by atoms with E-state index in [0.717, 1.165) is 0 Å². The maximum Gasteiger partial charge on any atom is 0.211 e.